The van der Waals surface area contributed by atoms with Gasteiger partial charge >= 0.3 is 23.9 Å². The maximum absolute atomic E-state index is 13.1. The largest absolute Gasteiger partial charge is 0.471 e. The van der Waals surface area contributed by atoms with Crippen molar-refractivity contribution in [3.63, 3.8) is 0 Å². The third kappa shape index (κ3) is 5.13. The number of hydrogen-bond acceptors (Lipinski definition) is 5. The van der Waals surface area contributed by atoms with Crippen molar-refractivity contribution in [2.75, 3.05) is 10.6 Å². The average molecular weight is 529 g/mol. The lowest BCUT2D eigenvalue weighted by atomic mass is 10.2. The van der Waals surface area contributed by atoms with E-state index in [2.05, 4.69) is 10.4 Å². The number of carbonyl (C=O) groups excluding carboxylic acids is 1. The number of hydrogen-bond donors (Lipinski definition) is 2. The van der Waals surface area contributed by atoms with Gasteiger partial charge in [0.05, 0.1) is 25.6 Å². The molecule has 0 radical (unpaired) electrons. The van der Waals surface area contributed by atoms with Gasteiger partial charge in [-0.2, -0.15) is 26.3 Å². The van der Waals surface area contributed by atoms with Crippen molar-refractivity contribution in [2.45, 2.75) is 32.2 Å². The molecule has 8 nitrogen and oxygen atoms in total. The molecule has 0 fully saturated rings. The maximum atomic E-state index is 13.1. The zero-order valence-corrected chi connectivity index (χ0v) is 17.9. The normalized spacial score (nSPS) is 12.2. The molecule has 0 aliphatic heterocycles. The Hall–Kier alpha value is -2.45. The quantitative estimate of drug-likeness (QED) is 0.212. The number of anilines is 2. The highest BCUT2D eigenvalue weighted by molar-refractivity contribution is 6.45. The van der Waals surface area contributed by atoms with Crippen LogP contribution in [-0.4, -0.2) is 32.8 Å². The van der Waals surface area contributed by atoms with Crippen LogP contribution in [0.1, 0.15) is 19.4 Å². The lowest BCUT2D eigenvalue weighted by molar-refractivity contribution is -0.383. The number of nitrogens with one attached hydrogen (secondary N) is 2. The Morgan fingerprint density at radius 1 is 1.16 bits per heavy atom. The standard InChI is InChI=1S/C15H10Cl3F6N5O3/c1-4(2)25-11-10(29(31)32)12(26-13(30)15(22,23)24)28(27-11)9-6(16)3-5(14(19,20)21)7(17)8(9)18/h3-4H,1-2H3,(H,25,27)(H,26,30). The zero-order valence-electron chi connectivity index (χ0n) is 15.6. The summed E-state index contributed by atoms with van der Waals surface area (Å²) in [5.74, 6) is -4.41. The molecule has 0 bridgehead atoms. The van der Waals surface area contributed by atoms with Crippen LogP contribution in [0, 0.1) is 10.1 Å². The summed E-state index contributed by atoms with van der Waals surface area (Å²) in [7, 11) is 0. The van der Waals surface area contributed by atoms with Crippen LogP contribution < -0.4 is 10.6 Å². The van der Waals surface area contributed by atoms with Crippen LogP contribution in [0.3, 0.4) is 0 Å². The molecule has 0 aliphatic rings. The molecule has 2 aromatic rings. The average Bonchev–Trinajstić information content (AvgIpc) is 2.93. The summed E-state index contributed by atoms with van der Waals surface area (Å²) < 4.78 is 78.1. The fourth-order valence-corrected chi connectivity index (χ4v) is 3.26. The minimum atomic E-state index is -5.47. The molecule has 0 saturated carbocycles. The van der Waals surface area contributed by atoms with Gasteiger partial charge in [-0.1, -0.05) is 34.8 Å². The molecule has 1 amide bonds. The number of rotatable bonds is 5. The number of alkyl halides is 6. The Bertz CT molecular complexity index is 1080. The van der Waals surface area contributed by atoms with Crippen molar-refractivity contribution >= 4 is 58.0 Å². The van der Waals surface area contributed by atoms with E-state index in [4.69, 9.17) is 34.8 Å². The van der Waals surface area contributed by atoms with E-state index in [1.807, 2.05) is 0 Å². The van der Waals surface area contributed by atoms with Gasteiger partial charge in [0.15, 0.2) is 0 Å². The minimum Gasteiger partial charge on any atom is -0.361 e. The van der Waals surface area contributed by atoms with Gasteiger partial charge in [0.1, 0.15) is 5.69 Å². The van der Waals surface area contributed by atoms with Crippen molar-refractivity contribution in [2.24, 2.45) is 0 Å². The number of halogens is 9. The van der Waals surface area contributed by atoms with Gasteiger partial charge < -0.3 is 5.32 Å². The Morgan fingerprint density at radius 2 is 1.72 bits per heavy atom. The molecule has 17 heteroatoms. The minimum absolute atomic E-state index is 0.295. The topological polar surface area (TPSA) is 102 Å². The molecule has 0 saturated heterocycles. The summed E-state index contributed by atoms with van der Waals surface area (Å²) in [6.45, 7) is 3.01. The van der Waals surface area contributed by atoms with E-state index in [9.17, 15) is 41.3 Å². The second-order valence-electron chi connectivity index (χ2n) is 6.35. The number of nitrogens with zero attached hydrogens (tertiary/aromatic N) is 3. The van der Waals surface area contributed by atoms with Crippen LogP contribution >= 0.6 is 34.8 Å². The molecular formula is C15H10Cl3F6N5O3. The third-order valence-corrected chi connectivity index (χ3v) is 4.75. The van der Waals surface area contributed by atoms with Gasteiger partial charge in [0, 0.05) is 6.04 Å². The summed E-state index contributed by atoms with van der Waals surface area (Å²) in [4.78, 5) is 21.9. The molecule has 2 rings (SSSR count). The highest BCUT2D eigenvalue weighted by Crippen LogP contribution is 2.46. The van der Waals surface area contributed by atoms with E-state index in [-0.39, 0.29) is 0 Å². The van der Waals surface area contributed by atoms with Crippen molar-refractivity contribution in [3.05, 3.63) is 36.8 Å². The van der Waals surface area contributed by atoms with Crippen LogP contribution in [0.5, 0.6) is 0 Å². The van der Waals surface area contributed by atoms with Gasteiger partial charge in [0.25, 0.3) is 0 Å². The predicted molar refractivity (Wildman–Crippen MR) is 104 cm³/mol. The van der Waals surface area contributed by atoms with Crippen molar-refractivity contribution in [1.82, 2.24) is 9.78 Å². The van der Waals surface area contributed by atoms with Crippen molar-refractivity contribution < 1.29 is 36.1 Å². The van der Waals surface area contributed by atoms with Crippen molar-refractivity contribution in [1.29, 1.82) is 0 Å². The zero-order chi connectivity index (χ0) is 24.8. The predicted octanol–water partition coefficient (Wildman–Crippen LogP) is 6.08. The summed E-state index contributed by atoms with van der Waals surface area (Å²) in [5, 5.41) is 16.2. The van der Waals surface area contributed by atoms with Gasteiger partial charge in [-0.15, -0.1) is 5.10 Å². The third-order valence-electron chi connectivity index (χ3n) is 3.61. The molecule has 0 spiro atoms. The monoisotopic (exact) mass is 527 g/mol. The number of benzene rings is 1. The van der Waals surface area contributed by atoms with Crippen LogP contribution in [0.4, 0.5) is 43.7 Å². The number of aromatic nitrogens is 2. The summed E-state index contributed by atoms with van der Waals surface area (Å²) in [6, 6.07) is -0.228. The maximum Gasteiger partial charge on any atom is 0.471 e. The highest BCUT2D eigenvalue weighted by atomic mass is 35.5. The first-order valence-corrected chi connectivity index (χ1v) is 9.27. The molecule has 32 heavy (non-hydrogen) atoms. The summed E-state index contributed by atoms with van der Waals surface area (Å²) >= 11 is 17.4. The Balaban J connectivity index is 2.90. The van der Waals surface area contributed by atoms with Crippen LogP contribution in [-0.2, 0) is 11.0 Å². The van der Waals surface area contributed by atoms with E-state index in [0.717, 1.165) is 0 Å². The molecule has 0 unspecified atom stereocenters. The molecule has 176 valence electrons. The molecule has 1 aromatic heterocycles. The first-order valence-electron chi connectivity index (χ1n) is 8.14. The fraction of sp³-hybridized carbons (Fsp3) is 0.333. The molecule has 0 aliphatic carbocycles. The molecule has 1 aromatic carbocycles. The summed E-state index contributed by atoms with van der Waals surface area (Å²) in [6.07, 6.45) is -10.5. The number of amides is 1. The Morgan fingerprint density at radius 3 is 2.16 bits per heavy atom. The van der Waals surface area contributed by atoms with Gasteiger partial charge in [0.2, 0.25) is 11.6 Å². The molecule has 1 heterocycles. The lowest BCUT2D eigenvalue weighted by Gasteiger charge is -2.16. The first kappa shape index (κ1) is 25.8. The number of nitro groups is 1. The van der Waals surface area contributed by atoms with Gasteiger partial charge in [-0.3, -0.25) is 20.2 Å². The molecular weight excluding hydrogens is 519 g/mol. The second-order valence-corrected chi connectivity index (χ2v) is 7.51. The van der Waals surface area contributed by atoms with E-state index in [0.29, 0.717) is 10.7 Å². The Labute approximate surface area is 189 Å². The van der Waals surface area contributed by atoms with E-state index in [1.54, 1.807) is 0 Å². The number of carbonyl (C=O) groups is 1. The van der Waals surface area contributed by atoms with E-state index >= 15 is 0 Å². The van der Waals surface area contributed by atoms with Gasteiger partial charge in [-0.25, -0.2) is 4.68 Å². The summed E-state index contributed by atoms with van der Waals surface area (Å²) in [5.41, 5.74) is -3.33. The van der Waals surface area contributed by atoms with Crippen LogP contribution in [0.2, 0.25) is 15.1 Å². The molecule has 0 atom stereocenters. The van der Waals surface area contributed by atoms with Crippen LogP contribution in [0.25, 0.3) is 5.69 Å². The van der Waals surface area contributed by atoms with Gasteiger partial charge in [-0.05, 0) is 19.9 Å². The van der Waals surface area contributed by atoms with Crippen LogP contribution in [0.15, 0.2) is 6.07 Å². The smallest absolute Gasteiger partial charge is 0.361 e. The van der Waals surface area contributed by atoms with E-state index < -0.39 is 72.9 Å². The fourth-order valence-electron chi connectivity index (χ4n) is 2.39. The van der Waals surface area contributed by atoms with E-state index in [1.165, 1.54) is 19.2 Å². The Kier molecular flexibility index (Phi) is 7.12. The lowest BCUT2D eigenvalue weighted by Crippen LogP contribution is -2.31. The second kappa shape index (κ2) is 8.83. The SMILES string of the molecule is CC(C)Nc1nn(-c2c(Cl)cc(C(F)(F)F)c(Cl)c2Cl)c(NC(=O)C(F)(F)F)c1[N+](=O)[O-]. The molecule has 2 N–H and O–H groups in total. The van der Waals surface area contributed by atoms with Crippen molar-refractivity contribution in [3.8, 4) is 5.69 Å². The first-order chi connectivity index (χ1) is 14.5. The highest BCUT2D eigenvalue weighted by Gasteiger charge is 2.43.